The standard InChI is InChI=1S/C10H20ClNO2/c1-4-6-14-7-9(13)12-10(3,5-2)8-11/h4-8H2,1-3H3,(H,12,13). The highest BCUT2D eigenvalue weighted by Gasteiger charge is 2.22. The third kappa shape index (κ3) is 5.45. The van der Waals surface area contributed by atoms with Gasteiger partial charge < -0.3 is 10.1 Å². The van der Waals surface area contributed by atoms with Crippen molar-refractivity contribution in [1.82, 2.24) is 5.32 Å². The third-order valence-electron chi connectivity index (χ3n) is 2.10. The Hall–Kier alpha value is -0.280. The number of amides is 1. The summed E-state index contributed by atoms with van der Waals surface area (Å²) in [5.41, 5.74) is -0.311. The van der Waals surface area contributed by atoms with Gasteiger partial charge in [0.1, 0.15) is 6.61 Å². The molecule has 0 bridgehead atoms. The van der Waals surface area contributed by atoms with Crippen LogP contribution in [0.5, 0.6) is 0 Å². The van der Waals surface area contributed by atoms with Gasteiger partial charge in [-0.1, -0.05) is 13.8 Å². The van der Waals surface area contributed by atoms with Gasteiger partial charge in [-0.3, -0.25) is 4.79 Å². The van der Waals surface area contributed by atoms with E-state index in [-0.39, 0.29) is 18.1 Å². The van der Waals surface area contributed by atoms with E-state index in [0.717, 1.165) is 12.8 Å². The van der Waals surface area contributed by atoms with E-state index in [4.69, 9.17) is 16.3 Å². The van der Waals surface area contributed by atoms with Gasteiger partial charge >= 0.3 is 0 Å². The molecule has 0 spiro atoms. The van der Waals surface area contributed by atoms with Gasteiger partial charge in [0.25, 0.3) is 0 Å². The van der Waals surface area contributed by atoms with E-state index in [1.807, 2.05) is 20.8 Å². The molecule has 0 saturated heterocycles. The molecule has 1 amide bonds. The molecule has 0 aliphatic heterocycles. The zero-order valence-corrected chi connectivity index (χ0v) is 9.99. The van der Waals surface area contributed by atoms with Crippen LogP contribution in [0.2, 0.25) is 0 Å². The summed E-state index contributed by atoms with van der Waals surface area (Å²) in [6.07, 6.45) is 1.74. The summed E-state index contributed by atoms with van der Waals surface area (Å²) in [6.45, 7) is 6.68. The number of hydrogen-bond donors (Lipinski definition) is 1. The summed E-state index contributed by atoms with van der Waals surface area (Å²) < 4.78 is 5.12. The number of rotatable bonds is 7. The Morgan fingerprint density at radius 1 is 1.50 bits per heavy atom. The molecule has 1 unspecified atom stereocenters. The van der Waals surface area contributed by atoms with Crippen LogP contribution < -0.4 is 5.32 Å². The summed E-state index contributed by atoms with van der Waals surface area (Å²) in [7, 11) is 0. The molecule has 0 radical (unpaired) electrons. The molecule has 3 nitrogen and oxygen atoms in total. The first-order chi connectivity index (χ1) is 6.58. The lowest BCUT2D eigenvalue weighted by molar-refractivity contribution is -0.127. The van der Waals surface area contributed by atoms with Crippen molar-refractivity contribution in [2.24, 2.45) is 0 Å². The second kappa shape index (κ2) is 7.07. The van der Waals surface area contributed by atoms with Gasteiger partial charge in [-0.05, 0) is 19.8 Å². The molecule has 1 atom stereocenters. The number of carbonyl (C=O) groups is 1. The maximum atomic E-state index is 11.4. The fourth-order valence-electron chi connectivity index (χ4n) is 0.898. The van der Waals surface area contributed by atoms with Crippen LogP contribution in [0.15, 0.2) is 0 Å². The van der Waals surface area contributed by atoms with Crippen LogP contribution in [0.4, 0.5) is 0 Å². The molecular formula is C10H20ClNO2. The lowest BCUT2D eigenvalue weighted by atomic mass is 10.0. The van der Waals surface area contributed by atoms with E-state index in [1.165, 1.54) is 0 Å². The zero-order valence-electron chi connectivity index (χ0n) is 9.23. The first-order valence-corrected chi connectivity index (χ1v) is 5.56. The zero-order chi connectivity index (χ0) is 11.0. The van der Waals surface area contributed by atoms with E-state index in [1.54, 1.807) is 0 Å². The van der Waals surface area contributed by atoms with Gasteiger partial charge in [0, 0.05) is 12.5 Å². The van der Waals surface area contributed by atoms with E-state index in [0.29, 0.717) is 12.5 Å². The van der Waals surface area contributed by atoms with Gasteiger partial charge in [-0.25, -0.2) is 0 Å². The lowest BCUT2D eigenvalue weighted by Gasteiger charge is -2.26. The Morgan fingerprint density at radius 2 is 2.14 bits per heavy atom. The van der Waals surface area contributed by atoms with Crippen molar-refractivity contribution in [3.05, 3.63) is 0 Å². The van der Waals surface area contributed by atoms with Crippen LogP contribution in [-0.2, 0) is 9.53 Å². The third-order valence-corrected chi connectivity index (χ3v) is 2.69. The van der Waals surface area contributed by atoms with Gasteiger partial charge in [-0.2, -0.15) is 0 Å². The van der Waals surface area contributed by atoms with Gasteiger partial charge in [0.05, 0.1) is 5.54 Å². The molecule has 14 heavy (non-hydrogen) atoms. The maximum Gasteiger partial charge on any atom is 0.246 e. The predicted octanol–water partition coefficient (Wildman–Crippen LogP) is 1.94. The first-order valence-electron chi connectivity index (χ1n) is 5.02. The SMILES string of the molecule is CCCOCC(=O)NC(C)(CC)CCl. The van der Waals surface area contributed by atoms with Gasteiger partial charge in [0.2, 0.25) is 5.91 Å². The van der Waals surface area contributed by atoms with Crippen molar-refractivity contribution in [3.63, 3.8) is 0 Å². The highest BCUT2D eigenvalue weighted by molar-refractivity contribution is 6.18. The normalized spacial score (nSPS) is 14.9. The topological polar surface area (TPSA) is 38.3 Å². The number of carbonyl (C=O) groups excluding carboxylic acids is 1. The average Bonchev–Trinajstić information content (AvgIpc) is 2.18. The quantitative estimate of drug-likeness (QED) is 0.527. The molecule has 0 fully saturated rings. The van der Waals surface area contributed by atoms with Crippen LogP contribution >= 0.6 is 11.6 Å². The molecule has 0 aromatic rings. The predicted molar refractivity (Wildman–Crippen MR) is 58.7 cm³/mol. The summed E-state index contributed by atoms with van der Waals surface area (Å²) in [4.78, 5) is 11.4. The molecule has 0 aliphatic rings. The summed E-state index contributed by atoms with van der Waals surface area (Å²) >= 11 is 5.76. The molecule has 0 aliphatic carbocycles. The highest BCUT2D eigenvalue weighted by atomic mass is 35.5. The molecule has 0 rings (SSSR count). The fraction of sp³-hybridized carbons (Fsp3) is 0.900. The van der Waals surface area contributed by atoms with Crippen LogP contribution in [0, 0.1) is 0 Å². The Morgan fingerprint density at radius 3 is 2.57 bits per heavy atom. The van der Waals surface area contributed by atoms with E-state index < -0.39 is 0 Å². The lowest BCUT2D eigenvalue weighted by Crippen LogP contribution is -2.48. The fourth-order valence-corrected chi connectivity index (χ4v) is 1.15. The molecule has 84 valence electrons. The smallest absolute Gasteiger partial charge is 0.246 e. The van der Waals surface area contributed by atoms with Crippen molar-refractivity contribution >= 4 is 17.5 Å². The Balaban J connectivity index is 3.80. The Bertz CT molecular complexity index is 170. The minimum Gasteiger partial charge on any atom is -0.372 e. The maximum absolute atomic E-state index is 11.4. The number of nitrogens with one attached hydrogen (secondary N) is 1. The molecule has 1 N–H and O–H groups in total. The molecule has 0 aromatic heterocycles. The van der Waals surface area contributed by atoms with Crippen LogP contribution in [0.25, 0.3) is 0 Å². The van der Waals surface area contributed by atoms with Crippen molar-refractivity contribution < 1.29 is 9.53 Å². The molecule has 0 aromatic carbocycles. The van der Waals surface area contributed by atoms with E-state index in [9.17, 15) is 4.79 Å². The van der Waals surface area contributed by atoms with Crippen LogP contribution in [0.3, 0.4) is 0 Å². The monoisotopic (exact) mass is 221 g/mol. The molecular weight excluding hydrogens is 202 g/mol. The van der Waals surface area contributed by atoms with Crippen molar-refractivity contribution in [2.75, 3.05) is 19.1 Å². The number of halogens is 1. The molecule has 0 heterocycles. The second-order valence-electron chi connectivity index (χ2n) is 3.65. The Labute approximate surface area is 91.2 Å². The summed E-state index contributed by atoms with van der Waals surface area (Å²) in [6, 6.07) is 0. The largest absolute Gasteiger partial charge is 0.372 e. The number of hydrogen-bond acceptors (Lipinski definition) is 2. The van der Waals surface area contributed by atoms with Crippen molar-refractivity contribution in [3.8, 4) is 0 Å². The summed E-state index contributed by atoms with van der Waals surface area (Å²) in [5, 5.41) is 2.86. The number of alkyl halides is 1. The minimum atomic E-state index is -0.311. The van der Waals surface area contributed by atoms with Crippen molar-refractivity contribution in [1.29, 1.82) is 0 Å². The van der Waals surface area contributed by atoms with Crippen LogP contribution in [0.1, 0.15) is 33.6 Å². The number of ether oxygens (including phenoxy) is 1. The van der Waals surface area contributed by atoms with Crippen molar-refractivity contribution in [2.45, 2.75) is 39.2 Å². The van der Waals surface area contributed by atoms with Gasteiger partial charge in [0.15, 0.2) is 0 Å². The minimum absolute atomic E-state index is 0.0940. The average molecular weight is 222 g/mol. The summed E-state index contributed by atoms with van der Waals surface area (Å²) in [5.74, 6) is 0.326. The Kier molecular flexibility index (Phi) is 6.93. The van der Waals surface area contributed by atoms with E-state index in [2.05, 4.69) is 5.32 Å². The molecule has 4 heteroatoms. The second-order valence-corrected chi connectivity index (χ2v) is 3.92. The first kappa shape index (κ1) is 13.7. The van der Waals surface area contributed by atoms with Crippen LogP contribution in [-0.4, -0.2) is 30.5 Å². The van der Waals surface area contributed by atoms with Gasteiger partial charge in [-0.15, -0.1) is 11.6 Å². The molecule has 0 saturated carbocycles. The van der Waals surface area contributed by atoms with E-state index >= 15 is 0 Å². The highest BCUT2D eigenvalue weighted by Crippen LogP contribution is 2.10.